The number of rotatable bonds is 5. The van der Waals surface area contributed by atoms with Crippen molar-refractivity contribution < 1.29 is 0 Å². The second-order valence-electron chi connectivity index (χ2n) is 14.4. The number of hydrogen-bond acceptors (Lipinski definition) is 2. The highest BCUT2D eigenvalue weighted by Gasteiger charge is 2.21. The van der Waals surface area contributed by atoms with Gasteiger partial charge in [0.2, 0.25) is 0 Å². The quantitative estimate of drug-likeness (QED) is 0.178. The Kier molecular flexibility index (Phi) is 7.24. The average Bonchev–Trinajstić information content (AvgIpc) is 3.61. The number of nitrogens with zero attached hydrogens (tertiary/aromatic N) is 2. The molecule has 0 radical (unpaired) electrons. The van der Waals surface area contributed by atoms with Crippen molar-refractivity contribution in [3.05, 3.63) is 217 Å². The highest BCUT2D eigenvalue weighted by atomic mass is 15.0. The van der Waals surface area contributed by atoms with Crippen molar-refractivity contribution in [2.24, 2.45) is 4.99 Å². The molecule has 0 saturated heterocycles. The van der Waals surface area contributed by atoms with Crippen LogP contribution in [0.15, 0.2) is 205 Å². The van der Waals surface area contributed by atoms with Crippen LogP contribution in [-0.4, -0.2) is 10.4 Å². The molecule has 0 bridgehead atoms. The molecule has 3 heteroatoms. The van der Waals surface area contributed by atoms with Crippen LogP contribution in [0.25, 0.3) is 76.6 Å². The molecule has 1 atom stereocenters. The molecule has 55 heavy (non-hydrogen) atoms. The zero-order chi connectivity index (χ0) is 36.3. The largest absolute Gasteiger partial charge is 0.359 e. The molecule has 0 spiro atoms. The normalized spacial score (nSPS) is 14.4. The molecule has 1 N–H and O–H groups in total. The molecule has 0 saturated carbocycles. The van der Waals surface area contributed by atoms with Gasteiger partial charge in [-0.2, -0.15) is 0 Å². The van der Waals surface area contributed by atoms with E-state index < -0.39 is 0 Å². The van der Waals surface area contributed by atoms with Crippen LogP contribution in [0.1, 0.15) is 22.7 Å². The summed E-state index contributed by atoms with van der Waals surface area (Å²) < 4.78 is 2.41. The van der Waals surface area contributed by atoms with E-state index in [1.54, 1.807) is 0 Å². The number of para-hydroxylation sites is 1. The van der Waals surface area contributed by atoms with E-state index in [0.717, 1.165) is 28.3 Å². The van der Waals surface area contributed by atoms with Gasteiger partial charge in [-0.05, 0) is 97.0 Å². The second-order valence-corrected chi connectivity index (χ2v) is 14.4. The lowest BCUT2D eigenvalue weighted by Gasteiger charge is -2.24. The lowest BCUT2D eigenvalue weighted by molar-refractivity contribution is 0.780. The lowest BCUT2D eigenvalue weighted by atomic mass is 9.95. The summed E-state index contributed by atoms with van der Waals surface area (Å²) in [7, 11) is 0. The fraction of sp³-hybridized carbons (Fsp3) is 0.0192. The molecule has 2 heterocycles. The van der Waals surface area contributed by atoms with Crippen molar-refractivity contribution in [3.8, 4) is 16.8 Å². The van der Waals surface area contributed by atoms with Crippen LogP contribution in [0.2, 0.25) is 0 Å². The van der Waals surface area contributed by atoms with Gasteiger partial charge in [-0.3, -0.25) is 0 Å². The van der Waals surface area contributed by atoms with Crippen molar-refractivity contribution in [3.63, 3.8) is 0 Å². The minimum atomic E-state index is -0.0328. The first-order valence-corrected chi connectivity index (χ1v) is 18.9. The van der Waals surface area contributed by atoms with Gasteiger partial charge in [-0.15, -0.1) is 0 Å². The molecule has 9 aromatic carbocycles. The van der Waals surface area contributed by atoms with Crippen molar-refractivity contribution in [1.29, 1.82) is 0 Å². The first-order chi connectivity index (χ1) is 27.2. The number of aliphatic imine (C=N–C) groups is 1. The summed E-state index contributed by atoms with van der Waals surface area (Å²) in [6, 6.07) is 70.1. The fourth-order valence-electron chi connectivity index (χ4n) is 8.50. The number of aromatic nitrogens is 1. The maximum Gasteiger partial charge on any atom is 0.134 e. The number of nitrogens with one attached hydrogen (secondary N) is 1. The molecule has 10 aromatic rings. The highest BCUT2D eigenvalue weighted by Crippen LogP contribution is 2.39. The van der Waals surface area contributed by atoms with E-state index >= 15 is 0 Å². The second kappa shape index (κ2) is 12.7. The number of hydrogen-bond donors (Lipinski definition) is 1. The standard InChI is InChI=1S/C52H35N3/c1-3-12-36(13-4-1)47-33-48(54-52(53-47)38-14-5-2-6-15-38)37-23-27-42(28-24-37)55-49-18-10-9-17-45(49)51-44-29-25-39(31-41(44)26-30-50(51)55)40-22-21-35-20-19-34-11-7-8-16-43(34)46(35)32-40/h1-33,48H,(H,53,54). The Hall–Kier alpha value is -7.23. The van der Waals surface area contributed by atoms with E-state index in [-0.39, 0.29) is 6.04 Å². The molecule has 1 aliphatic heterocycles. The lowest BCUT2D eigenvalue weighted by Crippen LogP contribution is -2.31. The molecular weight excluding hydrogens is 667 g/mol. The van der Waals surface area contributed by atoms with Crippen LogP contribution in [0.4, 0.5) is 0 Å². The molecule has 0 aliphatic carbocycles. The van der Waals surface area contributed by atoms with E-state index in [2.05, 4.69) is 198 Å². The van der Waals surface area contributed by atoms with Gasteiger partial charge in [-0.25, -0.2) is 4.99 Å². The Balaban J connectivity index is 0.989. The third-order valence-corrected chi connectivity index (χ3v) is 11.2. The minimum Gasteiger partial charge on any atom is -0.359 e. The third-order valence-electron chi connectivity index (χ3n) is 11.2. The summed E-state index contributed by atoms with van der Waals surface area (Å²) in [5.41, 5.74) is 10.3. The highest BCUT2D eigenvalue weighted by molar-refractivity contribution is 6.21. The van der Waals surface area contributed by atoms with Crippen molar-refractivity contribution in [2.75, 3.05) is 0 Å². The molecule has 3 nitrogen and oxygen atoms in total. The van der Waals surface area contributed by atoms with E-state index in [0.29, 0.717) is 0 Å². The SMILES string of the molecule is C1=C(c2ccccc2)N=C(c2ccccc2)NC1c1ccc(-n2c3ccccc3c3c4ccc(-c5ccc6ccc7ccccc7c6c5)cc4ccc32)cc1. The Morgan fingerprint density at radius 3 is 1.87 bits per heavy atom. The predicted octanol–water partition coefficient (Wildman–Crippen LogP) is 13.0. The maximum atomic E-state index is 5.06. The van der Waals surface area contributed by atoms with E-state index in [4.69, 9.17) is 4.99 Å². The van der Waals surface area contributed by atoms with Crippen molar-refractivity contribution >= 4 is 65.7 Å². The zero-order valence-electron chi connectivity index (χ0n) is 30.0. The van der Waals surface area contributed by atoms with Gasteiger partial charge in [-0.1, -0.05) is 158 Å². The first kappa shape index (κ1) is 31.3. The minimum absolute atomic E-state index is 0.0328. The molecule has 1 unspecified atom stereocenters. The van der Waals surface area contributed by atoms with Crippen molar-refractivity contribution in [2.45, 2.75) is 6.04 Å². The summed E-state index contributed by atoms with van der Waals surface area (Å²) in [5, 5.41) is 13.9. The molecule has 1 aromatic heterocycles. The van der Waals surface area contributed by atoms with Gasteiger partial charge in [0.25, 0.3) is 0 Å². The summed E-state index contributed by atoms with van der Waals surface area (Å²) in [4.78, 5) is 5.06. The molecule has 258 valence electrons. The number of fused-ring (bicyclic) bond motifs is 8. The Bertz CT molecular complexity index is 3150. The zero-order valence-corrected chi connectivity index (χ0v) is 30.0. The smallest absolute Gasteiger partial charge is 0.134 e. The molecule has 1 aliphatic rings. The van der Waals surface area contributed by atoms with Gasteiger partial charge in [0.05, 0.1) is 22.8 Å². The van der Waals surface area contributed by atoms with Gasteiger partial charge < -0.3 is 9.88 Å². The fourth-order valence-corrected chi connectivity index (χ4v) is 8.50. The van der Waals surface area contributed by atoms with Crippen LogP contribution < -0.4 is 5.32 Å². The van der Waals surface area contributed by atoms with Gasteiger partial charge in [0, 0.05) is 22.0 Å². The average molecular weight is 702 g/mol. The molecular formula is C52H35N3. The van der Waals surface area contributed by atoms with Crippen LogP contribution >= 0.6 is 0 Å². The maximum absolute atomic E-state index is 5.06. The van der Waals surface area contributed by atoms with Crippen molar-refractivity contribution in [1.82, 2.24) is 9.88 Å². The van der Waals surface area contributed by atoms with Crippen LogP contribution in [0, 0.1) is 0 Å². The summed E-state index contributed by atoms with van der Waals surface area (Å²) in [6.07, 6.45) is 2.23. The molecule has 0 amide bonds. The van der Waals surface area contributed by atoms with Gasteiger partial charge in [0.1, 0.15) is 5.84 Å². The topological polar surface area (TPSA) is 29.3 Å². The van der Waals surface area contributed by atoms with Gasteiger partial charge in [0.15, 0.2) is 0 Å². The van der Waals surface area contributed by atoms with Crippen LogP contribution in [0.5, 0.6) is 0 Å². The monoisotopic (exact) mass is 701 g/mol. The number of benzene rings is 9. The number of amidine groups is 1. The van der Waals surface area contributed by atoms with Crippen LogP contribution in [-0.2, 0) is 0 Å². The summed E-state index contributed by atoms with van der Waals surface area (Å²) in [5.74, 6) is 0.877. The van der Waals surface area contributed by atoms with Crippen LogP contribution in [0.3, 0.4) is 0 Å². The first-order valence-electron chi connectivity index (χ1n) is 18.9. The van der Waals surface area contributed by atoms with Gasteiger partial charge >= 0.3 is 0 Å². The Labute approximate surface area is 319 Å². The van der Waals surface area contributed by atoms with E-state index in [1.165, 1.54) is 70.8 Å². The molecule has 0 fully saturated rings. The van der Waals surface area contributed by atoms with E-state index in [1.807, 2.05) is 12.1 Å². The summed E-state index contributed by atoms with van der Waals surface area (Å²) in [6.45, 7) is 0. The molecule has 11 rings (SSSR count). The summed E-state index contributed by atoms with van der Waals surface area (Å²) >= 11 is 0. The Morgan fingerprint density at radius 2 is 1.05 bits per heavy atom. The predicted molar refractivity (Wildman–Crippen MR) is 232 cm³/mol. The third kappa shape index (κ3) is 5.32. The Morgan fingerprint density at radius 1 is 0.418 bits per heavy atom. The van der Waals surface area contributed by atoms with E-state index in [9.17, 15) is 0 Å².